The highest BCUT2D eigenvalue weighted by Gasteiger charge is 2.31. The normalized spacial score (nSPS) is 18.5. The Labute approximate surface area is 135 Å². The minimum absolute atomic E-state index is 0.217. The number of nitrogens with zero attached hydrogens (tertiary/aromatic N) is 3. The lowest BCUT2D eigenvalue weighted by molar-refractivity contribution is 0.0941. The summed E-state index contributed by atoms with van der Waals surface area (Å²) < 4.78 is 7.18. The second-order valence-electron chi connectivity index (χ2n) is 6.72. The smallest absolute Gasteiger partial charge is 0.273 e. The van der Waals surface area contributed by atoms with Gasteiger partial charge in [0.1, 0.15) is 5.76 Å². The zero-order valence-electron chi connectivity index (χ0n) is 13.4. The van der Waals surface area contributed by atoms with Gasteiger partial charge in [0, 0.05) is 17.7 Å². The van der Waals surface area contributed by atoms with E-state index in [1.54, 1.807) is 13.0 Å². The zero-order valence-corrected chi connectivity index (χ0v) is 13.4. The van der Waals surface area contributed by atoms with Crippen LogP contribution < -0.4 is 5.32 Å². The lowest BCUT2D eigenvalue weighted by Crippen LogP contribution is -2.23. The first-order valence-corrected chi connectivity index (χ1v) is 8.50. The van der Waals surface area contributed by atoms with Gasteiger partial charge in [0.2, 0.25) is 0 Å². The quantitative estimate of drug-likeness (QED) is 0.920. The molecule has 0 aromatic carbocycles. The first kappa shape index (κ1) is 14.5. The third-order valence-electron chi connectivity index (χ3n) is 4.77. The molecular weight excluding hydrogens is 292 g/mol. The average Bonchev–Trinajstić information content (AvgIpc) is 2.96. The zero-order chi connectivity index (χ0) is 15.8. The van der Waals surface area contributed by atoms with E-state index >= 15 is 0 Å². The summed E-state index contributed by atoms with van der Waals surface area (Å²) in [7, 11) is 0. The minimum Gasteiger partial charge on any atom is -0.361 e. The van der Waals surface area contributed by atoms with Crippen molar-refractivity contribution in [3.05, 3.63) is 35.0 Å². The minimum atomic E-state index is -0.217. The van der Waals surface area contributed by atoms with Gasteiger partial charge < -0.3 is 9.84 Å². The van der Waals surface area contributed by atoms with Crippen LogP contribution in [0.15, 0.2) is 16.7 Å². The van der Waals surface area contributed by atoms with E-state index in [2.05, 4.69) is 21.2 Å². The number of hydrogen-bond acceptors (Lipinski definition) is 4. The molecule has 6 heteroatoms. The van der Waals surface area contributed by atoms with E-state index < -0.39 is 0 Å². The number of amides is 1. The Balaban J connectivity index is 1.46. The van der Waals surface area contributed by atoms with E-state index in [1.807, 2.05) is 0 Å². The van der Waals surface area contributed by atoms with Gasteiger partial charge in [-0.3, -0.25) is 9.48 Å². The molecule has 0 unspecified atom stereocenters. The molecule has 2 saturated carbocycles. The number of hydrogen-bond donors (Lipinski definition) is 1. The number of rotatable bonds is 5. The second kappa shape index (κ2) is 5.83. The van der Waals surface area contributed by atoms with Gasteiger partial charge in [0.05, 0.1) is 18.3 Å². The number of carbonyl (C=O) groups excluding carboxylic acids is 1. The summed E-state index contributed by atoms with van der Waals surface area (Å²) in [6.07, 6.45) is 7.58. The lowest BCUT2D eigenvalue weighted by Gasteiger charge is -2.13. The van der Waals surface area contributed by atoms with Gasteiger partial charge in [-0.2, -0.15) is 5.10 Å². The van der Waals surface area contributed by atoms with Gasteiger partial charge in [-0.25, -0.2) is 0 Å². The second-order valence-corrected chi connectivity index (χ2v) is 6.72. The van der Waals surface area contributed by atoms with Crippen LogP contribution in [0.3, 0.4) is 0 Å². The molecule has 0 radical (unpaired) electrons. The summed E-state index contributed by atoms with van der Waals surface area (Å²) in [5.74, 6) is 1.09. The van der Waals surface area contributed by atoms with Crippen LogP contribution in [0, 0.1) is 6.92 Å². The molecule has 2 heterocycles. The summed E-state index contributed by atoms with van der Waals surface area (Å²) in [5, 5.41) is 11.4. The molecule has 4 rings (SSSR count). The van der Waals surface area contributed by atoms with Crippen LogP contribution >= 0.6 is 0 Å². The highest BCUT2D eigenvalue weighted by Crippen LogP contribution is 2.43. The van der Waals surface area contributed by atoms with Gasteiger partial charge in [-0.15, -0.1) is 0 Å². The summed E-state index contributed by atoms with van der Waals surface area (Å²) in [6, 6.07) is 4.36. The van der Waals surface area contributed by atoms with Crippen molar-refractivity contribution in [2.75, 3.05) is 0 Å². The standard InChI is InChI=1S/C17H22N4O2/c1-11-8-15(20-23-11)17(22)18-10-13-9-16(12-6-7-12)21(19-13)14-4-2-3-5-14/h8-9,12,14H,2-7,10H2,1H3,(H,18,22). The number of aryl methyl sites for hydroxylation is 1. The van der Waals surface area contributed by atoms with Crippen molar-refractivity contribution in [3.63, 3.8) is 0 Å². The summed E-state index contributed by atoms with van der Waals surface area (Å²) in [4.78, 5) is 12.1. The topological polar surface area (TPSA) is 73.0 Å². The molecule has 0 atom stereocenters. The maximum Gasteiger partial charge on any atom is 0.273 e. The Morgan fingerprint density at radius 1 is 1.30 bits per heavy atom. The van der Waals surface area contributed by atoms with Crippen LogP contribution in [0.5, 0.6) is 0 Å². The molecule has 2 aliphatic carbocycles. The van der Waals surface area contributed by atoms with Gasteiger partial charge >= 0.3 is 0 Å². The van der Waals surface area contributed by atoms with Crippen molar-refractivity contribution >= 4 is 5.91 Å². The van der Waals surface area contributed by atoms with Gasteiger partial charge in [-0.05, 0) is 38.7 Å². The van der Waals surface area contributed by atoms with E-state index in [9.17, 15) is 4.79 Å². The summed E-state index contributed by atoms with van der Waals surface area (Å²) >= 11 is 0. The fourth-order valence-corrected chi connectivity index (χ4v) is 3.41. The number of carbonyl (C=O) groups is 1. The Kier molecular flexibility index (Phi) is 3.67. The van der Waals surface area contributed by atoms with Gasteiger partial charge in [0.15, 0.2) is 5.69 Å². The van der Waals surface area contributed by atoms with Crippen molar-refractivity contribution in [2.24, 2.45) is 0 Å². The molecule has 0 aliphatic heterocycles. The molecule has 1 N–H and O–H groups in total. The monoisotopic (exact) mass is 314 g/mol. The van der Waals surface area contributed by atoms with Crippen molar-refractivity contribution in [3.8, 4) is 0 Å². The van der Waals surface area contributed by atoms with Crippen LogP contribution in [0.2, 0.25) is 0 Å². The van der Waals surface area contributed by atoms with Crippen LogP contribution in [-0.2, 0) is 6.54 Å². The van der Waals surface area contributed by atoms with Crippen molar-refractivity contribution < 1.29 is 9.32 Å². The molecule has 0 bridgehead atoms. The van der Waals surface area contributed by atoms with E-state index in [0.29, 0.717) is 30.0 Å². The molecule has 0 saturated heterocycles. The van der Waals surface area contributed by atoms with E-state index in [0.717, 1.165) is 5.69 Å². The van der Waals surface area contributed by atoms with Crippen LogP contribution in [0.25, 0.3) is 0 Å². The fraction of sp³-hybridized carbons (Fsp3) is 0.588. The molecule has 2 aliphatic rings. The molecule has 2 fully saturated rings. The van der Waals surface area contributed by atoms with E-state index in [-0.39, 0.29) is 5.91 Å². The number of nitrogens with one attached hydrogen (secondary N) is 1. The van der Waals surface area contributed by atoms with Crippen LogP contribution in [0.1, 0.15) is 78.1 Å². The van der Waals surface area contributed by atoms with Crippen molar-refractivity contribution in [1.82, 2.24) is 20.3 Å². The predicted octanol–water partition coefficient (Wildman–Crippen LogP) is 3.10. The third kappa shape index (κ3) is 3.02. The molecular formula is C17H22N4O2. The Hall–Kier alpha value is -2.11. The molecule has 2 aromatic rings. The average molecular weight is 314 g/mol. The van der Waals surface area contributed by atoms with Crippen molar-refractivity contribution in [2.45, 2.75) is 64.0 Å². The predicted molar refractivity (Wildman–Crippen MR) is 84.1 cm³/mol. The maximum absolute atomic E-state index is 12.1. The molecule has 1 amide bonds. The first-order chi connectivity index (χ1) is 11.2. The lowest BCUT2D eigenvalue weighted by atomic mass is 10.2. The van der Waals surface area contributed by atoms with Crippen LogP contribution in [-0.4, -0.2) is 20.8 Å². The third-order valence-corrected chi connectivity index (χ3v) is 4.77. The summed E-state index contributed by atoms with van der Waals surface area (Å²) in [6.45, 7) is 2.21. The Bertz CT molecular complexity index is 708. The van der Waals surface area contributed by atoms with Crippen LogP contribution in [0.4, 0.5) is 0 Å². The number of aromatic nitrogens is 3. The molecule has 122 valence electrons. The highest BCUT2D eigenvalue weighted by molar-refractivity contribution is 5.92. The molecule has 23 heavy (non-hydrogen) atoms. The Morgan fingerprint density at radius 3 is 2.74 bits per heavy atom. The van der Waals surface area contributed by atoms with Gasteiger partial charge in [-0.1, -0.05) is 18.0 Å². The molecule has 2 aromatic heterocycles. The molecule has 6 nitrogen and oxygen atoms in total. The van der Waals surface area contributed by atoms with Crippen molar-refractivity contribution in [1.29, 1.82) is 0 Å². The van der Waals surface area contributed by atoms with E-state index in [1.165, 1.54) is 44.2 Å². The first-order valence-electron chi connectivity index (χ1n) is 8.50. The Morgan fingerprint density at radius 2 is 2.09 bits per heavy atom. The fourth-order valence-electron chi connectivity index (χ4n) is 3.41. The van der Waals surface area contributed by atoms with E-state index in [4.69, 9.17) is 9.62 Å². The highest BCUT2D eigenvalue weighted by atomic mass is 16.5. The summed E-state index contributed by atoms with van der Waals surface area (Å²) in [5.41, 5.74) is 2.62. The molecule has 0 spiro atoms. The largest absolute Gasteiger partial charge is 0.361 e. The SMILES string of the molecule is Cc1cc(C(=O)NCc2cc(C3CC3)n(C3CCCC3)n2)no1. The maximum atomic E-state index is 12.1. The van der Waals surface area contributed by atoms with Gasteiger partial charge in [0.25, 0.3) is 5.91 Å².